The van der Waals surface area contributed by atoms with Crippen LogP contribution in [0.2, 0.25) is 0 Å². The van der Waals surface area contributed by atoms with E-state index in [-0.39, 0.29) is 16.4 Å². The Labute approximate surface area is 238 Å². The van der Waals surface area contributed by atoms with Gasteiger partial charge in [-0.05, 0) is 82.0 Å². The number of nitrogens with one attached hydrogen (secondary N) is 4. The third-order valence-electron chi connectivity index (χ3n) is 6.18. The number of thiocarbonyl (C=S) groups is 1. The first kappa shape index (κ1) is 28.2. The number of rotatable bonds is 5. The van der Waals surface area contributed by atoms with Crippen LogP contribution in [0.25, 0.3) is 16.8 Å². The second kappa shape index (κ2) is 12.4. The molecule has 0 aliphatic carbocycles. The van der Waals surface area contributed by atoms with Gasteiger partial charge >= 0.3 is 0 Å². The van der Waals surface area contributed by atoms with Gasteiger partial charge in [-0.15, -0.1) is 0 Å². The van der Waals surface area contributed by atoms with Crippen LogP contribution in [0.3, 0.4) is 0 Å². The maximum absolute atomic E-state index is 12.6. The molecule has 4 N–H and O–H groups in total. The molecule has 40 heavy (non-hydrogen) atoms. The van der Waals surface area contributed by atoms with Crippen LogP contribution in [0.15, 0.2) is 97.1 Å². The van der Waals surface area contributed by atoms with E-state index in [2.05, 4.69) is 42.3 Å². The van der Waals surface area contributed by atoms with E-state index in [9.17, 15) is 14.4 Å². The van der Waals surface area contributed by atoms with Gasteiger partial charge in [-0.2, -0.15) is 0 Å². The molecule has 0 fully saturated rings. The zero-order valence-corrected chi connectivity index (χ0v) is 23.3. The lowest BCUT2D eigenvalue weighted by atomic mass is 9.87. The molecule has 8 heteroatoms. The molecule has 0 atom stereocenters. The molecule has 0 unspecified atom stereocenters. The normalized spacial score (nSPS) is 11.2. The third-order valence-corrected chi connectivity index (χ3v) is 6.39. The highest BCUT2D eigenvalue weighted by molar-refractivity contribution is 7.80. The largest absolute Gasteiger partial charge is 0.322 e. The zero-order valence-electron chi connectivity index (χ0n) is 22.4. The number of fused-ring (bicyclic) bond motifs is 1. The van der Waals surface area contributed by atoms with Gasteiger partial charge in [0.25, 0.3) is 11.8 Å². The predicted octanol–water partition coefficient (Wildman–Crippen LogP) is 5.74. The molecule has 4 aromatic carbocycles. The smallest absolute Gasteiger partial charge is 0.269 e. The maximum Gasteiger partial charge on any atom is 0.269 e. The standard InChI is InChI=1S/C32H30N4O3S/c1-32(2,3)25-16-11-23(12-17-25)29(38)33-26-18-13-24(14-19-26)30(39)35-36-31(40)34-28(37)20-15-22-9-6-8-21-7-4-5-10-27(21)22/h4-20H,1-3H3,(H,33,38)(H,35,39)(H2,34,36,37,40)/b20-15+. The SMILES string of the molecule is CC(C)(C)c1ccc(C(=O)Nc2ccc(C(=O)NNC(=S)NC(=O)/C=C/c3cccc4ccccc34)cc2)cc1. The molecular weight excluding hydrogens is 520 g/mol. The number of carbonyl (C=O) groups excluding carboxylic acids is 3. The predicted molar refractivity (Wildman–Crippen MR) is 164 cm³/mol. The van der Waals surface area contributed by atoms with E-state index >= 15 is 0 Å². The quantitative estimate of drug-likeness (QED) is 0.144. The summed E-state index contributed by atoms with van der Waals surface area (Å²) in [4.78, 5) is 37.4. The van der Waals surface area contributed by atoms with Crippen LogP contribution in [0, 0.1) is 0 Å². The van der Waals surface area contributed by atoms with E-state index in [1.807, 2.05) is 54.6 Å². The Bertz CT molecular complexity index is 1580. The van der Waals surface area contributed by atoms with Crippen molar-refractivity contribution >= 4 is 57.6 Å². The van der Waals surface area contributed by atoms with E-state index in [1.165, 1.54) is 6.08 Å². The molecule has 202 valence electrons. The van der Waals surface area contributed by atoms with Gasteiger partial charge in [0.1, 0.15) is 0 Å². The number of hydrogen-bond donors (Lipinski definition) is 4. The summed E-state index contributed by atoms with van der Waals surface area (Å²) in [5.74, 6) is -1.14. The lowest BCUT2D eigenvalue weighted by molar-refractivity contribution is -0.115. The monoisotopic (exact) mass is 550 g/mol. The first-order valence-electron chi connectivity index (χ1n) is 12.7. The highest BCUT2D eigenvalue weighted by Crippen LogP contribution is 2.23. The molecular formula is C32H30N4O3S. The molecule has 0 saturated heterocycles. The average molecular weight is 551 g/mol. The molecule has 4 rings (SSSR count). The first-order chi connectivity index (χ1) is 19.1. The Kier molecular flexibility index (Phi) is 8.71. The molecule has 0 bridgehead atoms. The molecule has 7 nitrogen and oxygen atoms in total. The summed E-state index contributed by atoms with van der Waals surface area (Å²) in [6, 6.07) is 27.6. The van der Waals surface area contributed by atoms with Gasteiger partial charge in [0.05, 0.1) is 0 Å². The Hall–Kier alpha value is -4.82. The summed E-state index contributed by atoms with van der Waals surface area (Å²) in [6.07, 6.45) is 3.09. The second-order valence-corrected chi connectivity index (χ2v) is 10.6. The number of benzene rings is 4. The minimum atomic E-state index is -0.460. The Morgan fingerprint density at radius 3 is 2.05 bits per heavy atom. The maximum atomic E-state index is 12.6. The van der Waals surface area contributed by atoms with Gasteiger partial charge in [0, 0.05) is 22.9 Å². The molecule has 0 aliphatic heterocycles. The van der Waals surface area contributed by atoms with Crippen molar-refractivity contribution in [1.29, 1.82) is 0 Å². The van der Waals surface area contributed by atoms with Gasteiger partial charge in [-0.25, -0.2) is 0 Å². The minimum absolute atomic E-state index is 0.00470. The van der Waals surface area contributed by atoms with Crippen LogP contribution in [0.1, 0.15) is 52.6 Å². The number of hydrazine groups is 1. The fourth-order valence-corrected chi connectivity index (χ4v) is 4.11. The minimum Gasteiger partial charge on any atom is -0.322 e. The van der Waals surface area contributed by atoms with Crippen molar-refractivity contribution in [2.45, 2.75) is 26.2 Å². The van der Waals surface area contributed by atoms with Crippen molar-refractivity contribution in [3.8, 4) is 0 Å². The number of carbonyl (C=O) groups is 3. The molecule has 0 aromatic heterocycles. The highest BCUT2D eigenvalue weighted by Gasteiger charge is 2.15. The Balaban J connectivity index is 1.25. The molecule has 4 aromatic rings. The van der Waals surface area contributed by atoms with Gasteiger partial charge < -0.3 is 5.32 Å². The summed E-state index contributed by atoms with van der Waals surface area (Å²) < 4.78 is 0. The zero-order chi connectivity index (χ0) is 28.7. The lowest BCUT2D eigenvalue weighted by Gasteiger charge is -2.19. The van der Waals surface area contributed by atoms with Crippen LogP contribution in [-0.2, 0) is 10.2 Å². The number of amides is 3. The number of hydrogen-bond acceptors (Lipinski definition) is 4. The lowest BCUT2D eigenvalue weighted by Crippen LogP contribution is -2.48. The fourth-order valence-electron chi connectivity index (χ4n) is 3.96. The summed E-state index contributed by atoms with van der Waals surface area (Å²) in [5, 5.41) is 7.37. The van der Waals surface area contributed by atoms with Crippen LogP contribution in [0.4, 0.5) is 5.69 Å². The van der Waals surface area contributed by atoms with Gasteiger partial charge in [-0.3, -0.25) is 30.6 Å². The van der Waals surface area contributed by atoms with E-state index < -0.39 is 11.8 Å². The van der Waals surface area contributed by atoms with E-state index in [0.29, 0.717) is 16.8 Å². The molecule has 0 saturated carbocycles. The van der Waals surface area contributed by atoms with Crippen LogP contribution in [-0.4, -0.2) is 22.8 Å². The van der Waals surface area contributed by atoms with Crippen molar-refractivity contribution in [2.24, 2.45) is 0 Å². The van der Waals surface area contributed by atoms with E-state index in [4.69, 9.17) is 12.2 Å². The third kappa shape index (κ3) is 7.39. The Morgan fingerprint density at radius 1 is 0.725 bits per heavy atom. The molecule has 0 spiro atoms. The molecule has 0 heterocycles. The Morgan fingerprint density at radius 2 is 1.35 bits per heavy atom. The summed E-state index contributed by atoms with van der Waals surface area (Å²) in [5.41, 5.74) is 8.45. The van der Waals surface area contributed by atoms with Gasteiger partial charge in [-0.1, -0.05) is 75.4 Å². The summed E-state index contributed by atoms with van der Waals surface area (Å²) >= 11 is 5.11. The van der Waals surface area contributed by atoms with E-state index in [0.717, 1.165) is 21.9 Å². The molecule has 0 aliphatic rings. The van der Waals surface area contributed by atoms with Crippen LogP contribution >= 0.6 is 12.2 Å². The summed E-state index contributed by atoms with van der Waals surface area (Å²) in [6.45, 7) is 6.35. The second-order valence-electron chi connectivity index (χ2n) is 10.2. The van der Waals surface area contributed by atoms with Crippen LogP contribution in [0.5, 0.6) is 0 Å². The van der Waals surface area contributed by atoms with Gasteiger partial charge in [0.2, 0.25) is 5.91 Å². The summed E-state index contributed by atoms with van der Waals surface area (Å²) in [7, 11) is 0. The fraction of sp³-hybridized carbons (Fsp3) is 0.125. The topological polar surface area (TPSA) is 99.3 Å². The van der Waals surface area contributed by atoms with Crippen molar-refractivity contribution in [2.75, 3.05) is 5.32 Å². The van der Waals surface area contributed by atoms with Crippen LogP contribution < -0.4 is 21.5 Å². The van der Waals surface area contributed by atoms with Crippen molar-refractivity contribution in [1.82, 2.24) is 16.2 Å². The van der Waals surface area contributed by atoms with E-state index in [1.54, 1.807) is 42.5 Å². The van der Waals surface area contributed by atoms with Crippen molar-refractivity contribution < 1.29 is 14.4 Å². The van der Waals surface area contributed by atoms with Crippen molar-refractivity contribution in [3.05, 3.63) is 119 Å². The molecule has 0 radical (unpaired) electrons. The van der Waals surface area contributed by atoms with Gasteiger partial charge in [0.15, 0.2) is 5.11 Å². The number of anilines is 1. The highest BCUT2D eigenvalue weighted by atomic mass is 32.1. The van der Waals surface area contributed by atoms with Crippen molar-refractivity contribution in [3.63, 3.8) is 0 Å². The average Bonchev–Trinajstić information content (AvgIpc) is 2.94. The molecule has 3 amide bonds. The first-order valence-corrected chi connectivity index (χ1v) is 13.1.